The molecule has 1 amide bonds. The van der Waals surface area contributed by atoms with Gasteiger partial charge in [0.25, 0.3) is 0 Å². The number of nitrogens with zero attached hydrogens (tertiary/aromatic N) is 2. The topological polar surface area (TPSA) is 41.9 Å². The van der Waals surface area contributed by atoms with E-state index in [0.717, 1.165) is 30.8 Å². The van der Waals surface area contributed by atoms with Crippen molar-refractivity contribution in [2.24, 2.45) is 4.99 Å². The van der Waals surface area contributed by atoms with Crippen molar-refractivity contribution in [1.29, 1.82) is 0 Å². The number of benzene rings is 1. The Kier molecular flexibility index (Phi) is 4.42. The number of aliphatic imine (C=N–C) groups is 1. The van der Waals surface area contributed by atoms with Crippen molar-refractivity contribution in [2.75, 3.05) is 6.54 Å². The van der Waals surface area contributed by atoms with Crippen LogP contribution >= 0.6 is 0 Å². The first kappa shape index (κ1) is 16.0. The SMILES string of the molecule is CC(C)(C)OC(=O)N1CCCC1=Nc1ccc2c(c1)CCCC2. The van der Waals surface area contributed by atoms with Gasteiger partial charge in [0.2, 0.25) is 0 Å². The van der Waals surface area contributed by atoms with Gasteiger partial charge in [-0.2, -0.15) is 0 Å². The lowest BCUT2D eigenvalue weighted by molar-refractivity contribution is 0.0383. The van der Waals surface area contributed by atoms with Crippen LogP contribution in [0.1, 0.15) is 57.6 Å². The molecule has 1 saturated heterocycles. The van der Waals surface area contributed by atoms with Crippen LogP contribution in [0.5, 0.6) is 0 Å². The predicted molar refractivity (Wildman–Crippen MR) is 92.4 cm³/mol. The molecule has 1 aromatic carbocycles. The normalized spacial score (nSPS) is 19.8. The molecular weight excluding hydrogens is 288 g/mol. The molecule has 124 valence electrons. The average molecular weight is 314 g/mol. The Morgan fingerprint density at radius 3 is 2.57 bits per heavy atom. The zero-order valence-electron chi connectivity index (χ0n) is 14.4. The van der Waals surface area contributed by atoms with E-state index in [2.05, 4.69) is 18.2 Å². The first-order valence-electron chi connectivity index (χ1n) is 8.62. The number of rotatable bonds is 1. The number of carbonyl (C=O) groups excluding carboxylic acids is 1. The summed E-state index contributed by atoms with van der Waals surface area (Å²) >= 11 is 0. The molecule has 4 nitrogen and oxygen atoms in total. The van der Waals surface area contributed by atoms with Crippen LogP contribution in [0.25, 0.3) is 0 Å². The summed E-state index contributed by atoms with van der Waals surface area (Å²) < 4.78 is 5.49. The van der Waals surface area contributed by atoms with E-state index in [1.165, 1.54) is 30.4 Å². The third-order valence-electron chi connectivity index (χ3n) is 4.30. The minimum Gasteiger partial charge on any atom is -0.443 e. The molecule has 1 fully saturated rings. The van der Waals surface area contributed by atoms with Crippen LogP contribution in [0.2, 0.25) is 0 Å². The third kappa shape index (κ3) is 3.92. The monoisotopic (exact) mass is 314 g/mol. The molecule has 1 aromatic rings. The van der Waals surface area contributed by atoms with Gasteiger partial charge in [0.05, 0.1) is 5.69 Å². The van der Waals surface area contributed by atoms with E-state index in [9.17, 15) is 4.79 Å². The predicted octanol–water partition coefficient (Wildman–Crippen LogP) is 4.63. The summed E-state index contributed by atoms with van der Waals surface area (Å²) in [5, 5.41) is 0. The maximum atomic E-state index is 12.3. The highest BCUT2D eigenvalue weighted by atomic mass is 16.6. The lowest BCUT2D eigenvalue weighted by Crippen LogP contribution is -2.37. The second-order valence-electron chi connectivity index (χ2n) is 7.42. The van der Waals surface area contributed by atoms with E-state index in [-0.39, 0.29) is 6.09 Å². The number of amides is 1. The fourth-order valence-electron chi connectivity index (χ4n) is 3.23. The number of amidine groups is 1. The highest BCUT2D eigenvalue weighted by Gasteiger charge is 2.29. The van der Waals surface area contributed by atoms with Gasteiger partial charge in [-0.05, 0) is 76.1 Å². The standard InChI is InChI=1S/C19H26N2O2/c1-19(2,3)23-18(22)21-12-6-9-17(21)20-16-11-10-14-7-4-5-8-15(14)13-16/h10-11,13H,4-9,12H2,1-3H3. The summed E-state index contributed by atoms with van der Waals surface area (Å²) in [6.45, 7) is 6.36. The van der Waals surface area contributed by atoms with Crippen LogP contribution in [0.3, 0.4) is 0 Å². The Labute approximate surface area is 138 Å². The van der Waals surface area contributed by atoms with Gasteiger partial charge < -0.3 is 4.74 Å². The number of carbonyl (C=O) groups is 1. The number of hydrogen-bond acceptors (Lipinski definition) is 3. The van der Waals surface area contributed by atoms with E-state index in [1.54, 1.807) is 4.90 Å². The lowest BCUT2D eigenvalue weighted by Gasteiger charge is -2.24. The molecule has 4 heteroatoms. The lowest BCUT2D eigenvalue weighted by atomic mass is 9.91. The van der Waals surface area contributed by atoms with Gasteiger partial charge >= 0.3 is 6.09 Å². The minimum atomic E-state index is -0.476. The third-order valence-corrected chi connectivity index (χ3v) is 4.30. The maximum Gasteiger partial charge on any atom is 0.415 e. The molecule has 0 saturated carbocycles. The molecular formula is C19H26N2O2. The molecule has 0 N–H and O–H groups in total. The Balaban J connectivity index is 1.79. The van der Waals surface area contributed by atoms with Crippen LogP contribution in [0.4, 0.5) is 10.5 Å². The largest absolute Gasteiger partial charge is 0.443 e. The summed E-state index contributed by atoms with van der Waals surface area (Å²) in [4.78, 5) is 18.7. The molecule has 0 unspecified atom stereocenters. The molecule has 3 rings (SSSR count). The summed E-state index contributed by atoms with van der Waals surface area (Å²) in [6, 6.07) is 6.45. The molecule has 1 aliphatic carbocycles. The summed E-state index contributed by atoms with van der Waals surface area (Å²) in [7, 11) is 0. The number of likely N-dealkylation sites (tertiary alicyclic amines) is 1. The van der Waals surface area contributed by atoms with Crippen molar-refractivity contribution in [3.63, 3.8) is 0 Å². The van der Waals surface area contributed by atoms with Crippen LogP contribution in [0, 0.1) is 0 Å². The number of fused-ring (bicyclic) bond motifs is 1. The molecule has 1 aliphatic heterocycles. The van der Waals surface area contributed by atoms with Crippen molar-refractivity contribution in [1.82, 2.24) is 4.90 Å². The van der Waals surface area contributed by atoms with Crippen molar-refractivity contribution in [3.8, 4) is 0 Å². The van der Waals surface area contributed by atoms with Crippen molar-refractivity contribution in [2.45, 2.75) is 64.9 Å². The number of ether oxygens (including phenoxy) is 1. The van der Waals surface area contributed by atoms with E-state index < -0.39 is 5.60 Å². The van der Waals surface area contributed by atoms with Gasteiger partial charge in [0.15, 0.2) is 0 Å². The molecule has 2 aliphatic rings. The van der Waals surface area contributed by atoms with Crippen LogP contribution in [-0.2, 0) is 17.6 Å². The Hall–Kier alpha value is -1.84. The zero-order chi connectivity index (χ0) is 16.4. The van der Waals surface area contributed by atoms with E-state index in [0.29, 0.717) is 6.54 Å². The van der Waals surface area contributed by atoms with Crippen LogP contribution < -0.4 is 0 Å². The van der Waals surface area contributed by atoms with Crippen molar-refractivity contribution < 1.29 is 9.53 Å². The molecule has 0 spiro atoms. The van der Waals surface area contributed by atoms with Gasteiger partial charge in [-0.15, -0.1) is 0 Å². The van der Waals surface area contributed by atoms with Crippen LogP contribution in [0.15, 0.2) is 23.2 Å². The molecule has 0 bridgehead atoms. The van der Waals surface area contributed by atoms with E-state index >= 15 is 0 Å². The molecule has 0 aromatic heterocycles. The maximum absolute atomic E-state index is 12.3. The number of aryl methyl sites for hydroxylation is 2. The van der Waals surface area contributed by atoms with E-state index in [1.807, 2.05) is 20.8 Å². The molecule has 0 radical (unpaired) electrons. The smallest absolute Gasteiger partial charge is 0.415 e. The molecule has 1 heterocycles. The summed E-state index contributed by atoms with van der Waals surface area (Å²) in [6.07, 6.45) is 6.36. The zero-order valence-corrected chi connectivity index (χ0v) is 14.4. The minimum absolute atomic E-state index is 0.285. The summed E-state index contributed by atoms with van der Waals surface area (Å²) in [5.74, 6) is 0.829. The molecule has 0 atom stereocenters. The van der Waals surface area contributed by atoms with Crippen LogP contribution in [-0.4, -0.2) is 29.0 Å². The highest BCUT2D eigenvalue weighted by Crippen LogP contribution is 2.27. The quantitative estimate of drug-likeness (QED) is 0.758. The van der Waals surface area contributed by atoms with Crippen molar-refractivity contribution >= 4 is 17.6 Å². The fourth-order valence-corrected chi connectivity index (χ4v) is 3.23. The number of hydrogen-bond donors (Lipinski definition) is 0. The van der Waals surface area contributed by atoms with Gasteiger partial charge in [0.1, 0.15) is 11.4 Å². The van der Waals surface area contributed by atoms with Gasteiger partial charge in [-0.3, -0.25) is 4.90 Å². The highest BCUT2D eigenvalue weighted by molar-refractivity contribution is 5.98. The Bertz CT molecular complexity index is 629. The molecule has 23 heavy (non-hydrogen) atoms. The second-order valence-corrected chi connectivity index (χ2v) is 7.42. The Morgan fingerprint density at radius 2 is 1.83 bits per heavy atom. The van der Waals surface area contributed by atoms with Crippen molar-refractivity contribution in [3.05, 3.63) is 29.3 Å². The second kappa shape index (κ2) is 6.34. The van der Waals surface area contributed by atoms with Gasteiger partial charge in [-0.1, -0.05) is 6.07 Å². The first-order chi connectivity index (χ1) is 10.9. The van der Waals surface area contributed by atoms with Gasteiger partial charge in [-0.25, -0.2) is 9.79 Å². The fraction of sp³-hybridized carbons (Fsp3) is 0.579. The first-order valence-corrected chi connectivity index (χ1v) is 8.62. The van der Waals surface area contributed by atoms with Gasteiger partial charge in [0, 0.05) is 13.0 Å². The Morgan fingerprint density at radius 1 is 1.09 bits per heavy atom. The van der Waals surface area contributed by atoms with E-state index in [4.69, 9.17) is 9.73 Å². The summed E-state index contributed by atoms with van der Waals surface area (Å²) in [5.41, 5.74) is 3.35. The average Bonchev–Trinajstić information content (AvgIpc) is 2.93.